The molecule has 0 aromatic rings. The molecule has 3 unspecified atom stereocenters. The molecule has 4 rings (SSSR count). The Kier molecular flexibility index (Phi) is 6.50. The second-order valence-electron chi connectivity index (χ2n) is 11.3. The smallest absolute Gasteiger partial charge is 0.306 e. The third-order valence-corrected chi connectivity index (χ3v) is 10.6. The highest BCUT2D eigenvalue weighted by Crippen LogP contribution is 2.70. The van der Waals surface area contributed by atoms with Gasteiger partial charge < -0.3 is 14.9 Å². The quantitative estimate of drug-likeness (QED) is 0.419. The third-order valence-electron chi connectivity index (χ3n) is 9.71. The maximum atomic E-state index is 13.4. The van der Waals surface area contributed by atoms with Gasteiger partial charge in [-0.1, -0.05) is 49.2 Å². The molecule has 4 aliphatic rings. The first-order valence-electron chi connectivity index (χ1n) is 12.4. The highest BCUT2D eigenvalue weighted by Gasteiger charge is 2.73. The molecule has 6 nitrogen and oxygen atoms in total. The zero-order valence-corrected chi connectivity index (χ0v) is 21.7. The van der Waals surface area contributed by atoms with E-state index in [1.165, 1.54) is 0 Å². The number of allylic oxidation sites excluding steroid dienone is 1. The average molecular weight is 525 g/mol. The van der Waals surface area contributed by atoms with Crippen LogP contribution in [0.3, 0.4) is 0 Å². The van der Waals surface area contributed by atoms with Gasteiger partial charge in [0.15, 0.2) is 11.4 Å². The number of halogens is 1. The Morgan fingerprint density at radius 3 is 2.64 bits per heavy atom. The summed E-state index contributed by atoms with van der Waals surface area (Å²) in [4.78, 5) is 38.3. The van der Waals surface area contributed by atoms with Gasteiger partial charge >= 0.3 is 5.97 Å². The van der Waals surface area contributed by atoms with Crippen LogP contribution < -0.4 is 0 Å². The van der Waals surface area contributed by atoms with Gasteiger partial charge in [0.25, 0.3) is 0 Å². The fourth-order valence-electron chi connectivity index (χ4n) is 8.34. The Hall–Kier alpha value is -1.05. The van der Waals surface area contributed by atoms with Crippen LogP contribution in [0.15, 0.2) is 11.6 Å². The fraction of sp³-hybridized carbons (Fsp3) is 0.808. The molecule has 0 saturated heterocycles. The summed E-state index contributed by atoms with van der Waals surface area (Å²) in [6.07, 6.45) is 4.86. The van der Waals surface area contributed by atoms with E-state index in [1.807, 2.05) is 20.8 Å². The van der Waals surface area contributed by atoms with Gasteiger partial charge in [-0.2, -0.15) is 0 Å². The largest absolute Gasteiger partial charge is 0.450 e. The summed E-state index contributed by atoms with van der Waals surface area (Å²) >= 11 is 3.91. The molecule has 0 aromatic carbocycles. The van der Waals surface area contributed by atoms with Gasteiger partial charge in [0, 0.05) is 29.0 Å². The summed E-state index contributed by atoms with van der Waals surface area (Å²) < 4.78 is 6.06. The third kappa shape index (κ3) is 3.43. The maximum absolute atomic E-state index is 13.4. The van der Waals surface area contributed by atoms with Gasteiger partial charge in [-0.15, -0.1) is 0 Å². The first-order chi connectivity index (χ1) is 15.5. The highest BCUT2D eigenvalue weighted by molar-refractivity contribution is 9.09. The predicted octanol–water partition coefficient (Wildman–Crippen LogP) is 3.75. The van der Waals surface area contributed by atoms with Gasteiger partial charge in [0.05, 0.1) is 6.10 Å². The van der Waals surface area contributed by atoms with Crippen LogP contribution in [0.25, 0.3) is 0 Å². The number of Topliss-reactive ketones (excluding diaryl/α,β-unsaturated/α-hetero) is 1. The molecule has 0 spiro atoms. The Balaban J connectivity index is 1.81. The number of aliphatic hydroxyl groups excluding tert-OH is 2. The lowest BCUT2D eigenvalue weighted by Crippen LogP contribution is -2.65. The fourth-order valence-corrected chi connectivity index (χ4v) is 9.38. The minimum Gasteiger partial charge on any atom is -0.450 e. The SMILES string of the molecule is CCCC(=O)O[C@]1(C(=O)CO)C(C)C[C@H]2[C@@H]3C(Br)CC4=CC(=O)CC[C@]4(C)[C@H]3C(O)C[C@@]21C. The molecule has 0 heterocycles. The average Bonchev–Trinajstić information content (AvgIpc) is 2.96. The van der Waals surface area contributed by atoms with Crippen LogP contribution in [-0.2, 0) is 19.1 Å². The molecule has 0 bridgehead atoms. The molecule has 7 heteroatoms. The minimum absolute atomic E-state index is 0.0335. The van der Waals surface area contributed by atoms with Gasteiger partial charge in [0.2, 0.25) is 5.78 Å². The zero-order valence-electron chi connectivity index (χ0n) is 20.1. The number of carbonyl (C=O) groups excluding carboxylic acids is 3. The molecule has 33 heavy (non-hydrogen) atoms. The molecular formula is C26H37BrO6. The van der Waals surface area contributed by atoms with Crippen molar-refractivity contribution in [2.24, 2.45) is 34.5 Å². The molecule has 0 aliphatic heterocycles. The van der Waals surface area contributed by atoms with E-state index in [1.54, 1.807) is 6.08 Å². The van der Waals surface area contributed by atoms with E-state index in [0.717, 1.165) is 18.4 Å². The summed E-state index contributed by atoms with van der Waals surface area (Å²) in [7, 11) is 0. The van der Waals surface area contributed by atoms with E-state index in [9.17, 15) is 24.6 Å². The number of rotatable bonds is 5. The van der Waals surface area contributed by atoms with Crippen molar-refractivity contribution in [3.63, 3.8) is 0 Å². The summed E-state index contributed by atoms with van der Waals surface area (Å²) in [6.45, 7) is 7.29. The number of ketones is 2. The molecule has 184 valence electrons. The van der Waals surface area contributed by atoms with Crippen LogP contribution in [0.1, 0.15) is 72.6 Å². The lowest BCUT2D eigenvalue weighted by Gasteiger charge is -2.62. The van der Waals surface area contributed by atoms with Crippen molar-refractivity contribution in [2.75, 3.05) is 6.61 Å². The maximum Gasteiger partial charge on any atom is 0.306 e. The Bertz CT molecular complexity index is 884. The van der Waals surface area contributed by atoms with Crippen LogP contribution in [0.5, 0.6) is 0 Å². The molecule has 2 N–H and O–H groups in total. The van der Waals surface area contributed by atoms with Crippen LogP contribution in [0.2, 0.25) is 0 Å². The second-order valence-corrected chi connectivity index (χ2v) is 12.5. The van der Waals surface area contributed by atoms with Crippen LogP contribution in [0, 0.1) is 34.5 Å². The first-order valence-corrected chi connectivity index (χ1v) is 13.3. The molecule has 9 atom stereocenters. The monoisotopic (exact) mass is 524 g/mol. The molecule has 4 aliphatic carbocycles. The predicted molar refractivity (Wildman–Crippen MR) is 127 cm³/mol. The number of carbonyl (C=O) groups is 3. The molecule has 0 amide bonds. The van der Waals surface area contributed by atoms with E-state index in [2.05, 4.69) is 22.9 Å². The molecular weight excluding hydrogens is 488 g/mol. The topological polar surface area (TPSA) is 101 Å². The van der Waals surface area contributed by atoms with E-state index >= 15 is 0 Å². The van der Waals surface area contributed by atoms with Crippen molar-refractivity contribution in [3.8, 4) is 0 Å². The van der Waals surface area contributed by atoms with Crippen molar-refractivity contribution in [1.82, 2.24) is 0 Å². The van der Waals surface area contributed by atoms with Crippen molar-refractivity contribution in [2.45, 2.75) is 89.2 Å². The van der Waals surface area contributed by atoms with Crippen molar-refractivity contribution < 1.29 is 29.3 Å². The standard InChI is InChI=1S/C26H37BrO6/c1-5-6-21(32)33-26(20(31)13-28)14(2)9-17-22-18(27)11-15-10-16(29)7-8-24(15,3)23(22)19(30)12-25(17,26)4/h10,14,17-19,22-23,28,30H,5-9,11-13H2,1-4H3/t14?,17-,18?,19?,22+,23-,24-,25-,26-/m0/s1. The van der Waals surface area contributed by atoms with Crippen molar-refractivity contribution >= 4 is 33.5 Å². The Labute approximate surface area is 204 Å². The van der Waals surface area contributed by atoms with Gasteiger partial charge in [-0.25, -0.2) is 0 Å². The summed E-state index contributed by atoms with van der Waals surface area (Å²) in [5.74, 6) is -0.955. The number of hydrogen-bond acceptors (Lipinski definition) is 6. The van der Waals surface area contributed by atoms with Crippen molar-refractivity contribution in [3.05, 3.63) is 11.6 Å². The van der Waals surface area contributed by atoms with E-state index in [4.69, 9.17) is 4.74 Å². The highest BCUT2D eigenvalue weighted by atomic mass is 79.9. The van der Waals surface area contributed by atoms with Gasteiger partial charge in [0.1, 0.15) is 6.61 Å². The number of hydrogen-bond donors (Lipinski definition) is 2. The van der Waals surface area contributed by atoms with Crippen LogP contribution >= 0.6 is 15.9 Å². The lowest BCUT2D eigenvalue weighted by molar-refractivity contribution is -0.206. The van der Waals surface area contributed by atoms with Gasteiger partial charge in [-0.3, -0.25) is 14.4 Å². The normalized spacial score (nSPS) is 46.6. The van der Waals surface area contributed by atoms with E-state index in [-0.39, 0.29) is 46.1 Å². The van der Waals surface area contributed by atoms with Crippen molar-refractivity contribution in [1.29, 1.82) is 0 Å². The summed E-state index contributed by atoms with van der Waals surface area (Å²) in [6, 6.07) is 0. The number of fused-ring (bicyclic) bond motifs is 5. The number of ether oxygens (including phenoxy) is 1. The van der Waals surface area contributed by atoms with E-state index in [0.29, 0.717) is 25.7 Å². The Morgan fingerprint density at radius 1 is 1.30 bits per heavy atom. The summed E-state index contributed by atoms with van der Waals surface area (Å²) in [5, 5.41) is 21.6. The van der Waals surface area contributed by atoms with E-state index < -0.39 is 35.5 Å². The first kappa shape index (κ1) is 25.1. The zero-order chi connectivity index (χ0) is 24.3. The number of esters is 1. The van der Waals surface area contributed by atoms with Crippen LogP contribution in [-0.4, -0.2) is 50.9 Å². The Morgan fingerprint density at radius 2 is 2.00 bits per heavy atom. The molecule has 3 fully saturated rings. The number of alkyl halides is 1. The lowest BCUT2D eigenvalue weighted by atomic mass is 9.45. The molecule has 0 radical (unpaired) electrons. The summed E-state index contributed by atoms with van der Waals surface area (Å²) in [5.41, 5.74) is -1.39. The molecule has 3 saturated carbocycles. The molecule has 0 aromatic heterocycles. The van der Waals surface area contributed by atoms with Crippen LogP contribution in [0.4, 0.5) is 0 Å². The number of aliphatic hydroxyl groups is 2. The minimum atomic E-state index is -1.45. The van der Waals surface area contributed by atoms with Gasteiger partial charge in [-0.05, 0) is 61.3 Å². The second kappa shape index (κ2) is 8.56.